The molecule has 0 spiro atoms. The number of pyridine rings is 1. The summed E-state index contributed by atoms with van der Waals surface area (Å²) in [4.78, 5) is 13.1. The Balaban J connectivity index is 2.36. The van der Waals surface area contributed by atoms with Gasteiger partial charge in [0.25, 0.3) is 10.0 Å². The van der Waals surface area contributed by atoms with Crippen molar-refractivity contribution in [1.82, 2.24) is 4.98 Å². The van der Waals surface area contributed by atoms with Gasteiger partial charge in [0.1, 0.15) is 5.82 Å². The highest BCUT2D eigenvalue weighted by Crippen LogP contribution is 2.22. The van der Waals surface area contributed by atoms with Gasteiger partial charge in [0.2, 0.25) is 5.82 Å². The van der Waals surface area contributed by atoms with Crippen molar-refractivity contribution in [2.45, 2.75) is 11.8 Å². The highest BCUT2D eigenvalue weighted by atomic mass is 32.2. The largest absolute Gasteiger partial charge is 0.304 e. The van der Waals surface area contributed by atoms with Gasteiger partial charge in [-0.25, -0.2) is 13.4 Å². The van der Waals surface area contributed by atoms with Crippen LogP contribution in [0.3, 0.4) is 0 Å². The molecule has 0 aliphatic rings. The lowest BCUT2D eigenvalue weighted by Crippen LogP contribution is -2.14. The molecule has 2 aromatic rings. The van der Waals surface area contributed by atoms with Crippen LogP contribution in [0.2, 0.25) is 0 Å². The number of nitro groups is 1. The van der Waals surface area contributed by atoms with Gasteiger partial charge in [-0.15, -0.1) is 0 Å². The minimum Gasteiger partial charge on any atom is -0.263 e. The summed E-state index contributed by atoms with van der Waals surface area (Å²) in [6, 6.07) is 7.08. The van der Waals surface area contributed by atoms with Gasteiger partial charge in [-0.3, -0.25) is 14.8 Å². The molecule has 0 unspecified atom stereocenters. The number of rotatable bonds is 4. The molecule has 0 radical (unpaired) electrons. The first kappa shape index (κ1) is 14.9. The van der Waals surface area contributed by atoms with Crippen LogP contribution in [-0.4, -0.2) is 18.3 Å². The Hall–Kier alpha value is -2.55. The van der Waals surface area contributed by atoms with Crippen molar-refractivity contribution in [2.75, 3.05) is 4.72 Å². The normalized spacial score (nSPS) is 11.1. The molecule has 0 fully saturated rings. The summed E-state index contributed by atoms with van der Waals surface area (Å²) in [6.45, 7) is 1.68. The molecule has 1 heterocycles. The van der Waals surface area contributed by atoms with Crippen LogP contribution in [0, 0.1) is 22.9 Å². The quantitative estimate of drug-likeness (QED) is 0.689. The van der Waals surface area contributed by atoms with E-state index in [0.717, 1.165) is 12.1 Å². The first-order chi connectivity index (χ1) is 9.79. The minimum atomic E-state index is -4.07. The Morgan fingerprint density at radius 1 is 1.29 bits per heavy atom. The van der Waals surface area contributed by atoms with E-state index in [9.17, 15) is 22.9 Å². The third kappa shape index (κ3) is 3.31. The third-order valence-corrected chi connectivity index (χ3v) is 3.91. The number of nitro benzene ring substituents is 1. The molecule has 0 saturated carbocycles. The molecule has 0 atom stereocenters. The number of aryl methyl sites for hydroxylation is 1. The predicted octanol–water partition coefficient (Wildman–Crippen LogP) is 2.24. The molecule has 2 rings (SSSR count). The average Bonchev–Trinajstić information content (AvgIpc) is 2.37. The number of aromatic nitrogens is 1. The number of anilines is 1. The van der Waals surface area contributed by atoms with E-state index < -0.39 is 31.3 Å². The lowest BCUT2D eigenvalue weighted by atomic mass is 10.3. The second-order valence-corrected chi connectivity index (χ2v) is 5.82. The maximum atomic E-state index is 13.5. The Morgan fingerprint density at radius 2 is 2.00 bits per heavy atom. The van der Waals surface area contributed by atoms with Crippen molar-refractivity contribution in [3.63, 3.8) is 0 Å². The standard InChI is InChI=1S/C12H10FN3O4S/c1-8-3-2-4-12(14-8)15-21(19,20)9-5-6-11(16(17)18)10(13)7-9/h2-7H,1H3,(H,14,15). The molecule has 110 valence electrons. The first-order valence-corrected chi connectivity index (χ1v) is 7.18. The van der Waals surface area contributed by atoms with E-state index in [1.807, 2.05) is 0 Å². The zero-order valence-corrected chi connectivity index (χ0v) is 11.6. The molecule has 0 bridgehead atoms. The second-order valence-electron chi connectivity index (χ2n) is 4.14. The van der Waals surface area contributed by atoms with Crippen molar-refractivity contribution >= 4 is 21.5 Å². The van der Waals surface area contributed by atoms with Gasteiger partial charge in [-0.1, -0.05) is 6.07 Å². The summed E-state index contributed by atoms with van der Waals surface area (Å²) < 4.78 is 39.8. The van der Waals surface area contributed by atoms with Crippen LogP contribution in [0.4, 0.5) is 15.9 Å². The van der Waals surface area contributed by atoms with E-state index in [-0.39, 0.29) is 5.82 Å². The molecule has 9 heteroatoms. The van der Waals surface area contributed by atoms with E-state index >= 15 is 0 Å². The van der Waals surface area contributed by atoms with Crippen molar-refractivity contribution in [3.8, 4) is 0 Å². The number of halogens is 1. The fourth-order valence-electron chi connectivity index (χ4n) is 1.60. The summed E-state index contributed by atoms with van der Waals surface area (Å²) in [5.74, 6) is -1.14. The van der Waals surface area contributed by atoms with E-state index in [4.69, 9.17) is 0 Å². The molecule has 0 aliphatic carbocycles. The first-order valence-electron chi connectivity index (χ1n) is 5.70. The SMILES string of the molecule is Cc1cccc(NS(=O)(=O)c2ccc([N+](=O)[O-])c(F)c2)n1. The lowest BCUT2D eigenvalue weighted by Gasteiger charge is -2.07. The van der Waals surface area contributed by atoms with E-state index in [2.05, 4.69) is 9.71 Å². The van der Waals surface area contributed by atoms with Crippen LogP contribution in [-0.2, 0) is 10.0 Å². The van der Waals surface area contributed by atoms with Gasteiger partial charge in [0.15, 0.2) is 0 Å². The number of benzene rings is 1. The fourth-order valence-corrected chi connectivity index (χ4v) is 2.61. The maximum Gasteiger partial charge on any atom is 0.304 e. The highest BCUT2D eigenvalue weighted by molar-refractivity contribution is 7.92. The summed E-state index contributed by atoms with van der Waals surface area (Å²) in [6.07, 6.45) is 0. The monoisotopic (exact) mass is 311 g/mol. The number of nitrogens with zero attached hydrogens (tertiary/aromatic N) is 2. The third-order valence-electron chi connectivity index (χ3n) is 2.55. The molecular formula is C12H10FN3O4S. The van der Waals surface area contributed by atoms with Gasteiger partial charge in [0.05, 0.1) is 9.82 Å². The van der Waals surface area contributed by atoms with Gasteiger partial charge in [-0.05, 0) is 25.1 Å². The Bertz CT molecular complexity index is 808. The molecular weight excluding hydrogens is 301 g/mol. The van der Waals surface area contributed by atoms with Crippen LogP contribution >= 0.6 is 0 Å². The predicted molar refractivity (Wildman–Crippen MR) is 72.8 cm³/mol. The molecule has 0 amide bonds. The van der Waals surface area contributed by atoms with E-state index in [1.165, 1.54) is 6.07 Å². The van der Waals surface area contributed by atoms with Crippen molar-refractivity contribution in [2.24, 2.45) is 0 Å². The summed E-state index contributed by atoms with van der Waals surface area (Å²) in [5, 5.41) is 10.5. The van der Waals surface area contributed by atoms with Gasteiger partial charge in [0, 0.05) is 17.8 Å². The molecule has 1 N–H and O–H groups in total. The van der Waals surface area contributed by atoms with Crippen LogP contribution < -0.4 is 4.72 Å². The van der Waals surface area contributed by atoms with Crippen LogP contribution in [0.15, 0.2) is 41.3 Å². The van der Waals surface area contributed by atoms with Crippen molar-refractivity contribution in [3.05, 3.63) is 58.0 Å². The molecule has 1 aromatic carbocycles. The smallest absolute Gasteiger partial charge is 0.263 e. The van der Waals surface area contributed by atoms with Gasteiger partial charge >= 0.3 is 5.69 Å². The van der Waals surface area contributed by atoms with Gasteiger partial charge < -0.3 is 0 Å². The molecule has 0 saturated heterocycles. The number of sulfonamides is 1. The Labute approximate surface area is 119 Å². The average molecular weight is 311 g/mol. The maximum absolute atomic E-state index is 13.5. The number of hydrogen-bond donors (Lipinski definition) is 1. The van der Waals surface area contributed by atoms with E-state index in [1.54, 1.807) is 19.1 Å². The molecule has 0 aliphatic heterocycles. The van der Waals surface area contributed by atoms with Crippen LogP contribution in [0.25, 0.3) is 0 Å². The summed E-state index contributed by atoms with van der Waals surface area (Å²) >= 11 is 0. The lowest BCUT2D eigenvalue weighted by molar-refractivity contribution is -0.387. The van der Waals surface area contributed by atoms with E-state index in [0.29, 0.717) is 11.8 Å². The van der Waals surface area contributed by atoms with Crippen molar-refractivity contribution in [1.29, 1.82) is 0 Å². The Morgan fingerprint density at radius 3 is 2.57 bits per heavy atom. The second kappa shape index (κ2) is 5.44. The van der Waals surface area contributed by atoms with Crippen LogP contribution in [0.5, 0.6) is 0 Å². The topological polar surface area (TPSA) is 102 Å². The Kier molecular flexibility index (Phi) is 3.85. The number of hydrogen-bond acceptors (Lipinski definition) is 5. The van der Waals surface area contributed by atoms with Crippen LogP contribution in [0.1, 0.15) is 5.69 Å². The highest BCUT2D eigenvalue weighted by Gasteiger charge is 2.21. The summed E-state index contributed by atoms with van der Waals surface area (Å²) in [7, 11) is -4.07. The molecule has 21 heavy (non-hydrogen) atoms. The van der Waals surface area contributed by atoms with Gasteiger partial charge in [-0.2, -0.15) is 4.39 Å². The fraction of sp³-hybridized carbons (Fsp3) is 0.0833. The molecule has 7 nitrogen and oxygen atoms in total. The number of nitrogens with one attached hydrogen (secondary N) is 1. The molecule has 1 aromatic heterocycles. The zero-order chi connectivity index (χ0) is 15.6. The minimum absolute atomic E-state index is 0.0776. The van der Waals surface area contributed by atoms with Crippen molar-refractivity contribution < 1.29 is 17.7 Å². The zero-order valence-electron chi connectivity index (χ0n) is 10.8. The summed E-state index contributed by atoms with van der Waals surface area (Å²) in [5.41, 5.74) is -0.187.